The molecule has 1 aliphatic rings. The van der Waals surface area contributed by atoms with Gasteiger partial charge in [-0.05, 0) is 49.4 Å². The SMILES string of the molecule is CCC(C)(C)C(NC)c1cccc(OC2CC2)c1. The van der Waals surface area contributed by atoms with Crippen molar-refractivity contribution in [3.05, 3.63) is 29.8 Å². The third kappa shape index (κ3) is 3.05. The summed E-state index contributed by atoms with van der Waals surface area (Å²) in [6.45, 7) is 6.86. The summed E-state index contributed by atoms with van der Waals surface area (Å²) < 4.78 is 5.88. The lowest BCUT2D eigenvalue weighted by Crippen LogP contribution is -2.31. The molecule has 0 radical (unpaired) electrons. The van der Waals surface area contributed by atoms with Gasteiger partial charge in [0.05, 0.1) is 6.10 Å². The van der Waals surface area contributed by atoms with Crippen LogP contribution in [-0.4, -0.2) is 13.2 Å². The molecule has 2 rings (SSSR count). The zero-order chi connectivity index (χ0) is 13.2. The standard InChI is InChI=1S/C16H25NO/c1-5-16(2,3)15(17-4)12-7-6-8-14(11-12)18-13-9-10-13/h6-8,11,13,15,17H,5,9-10H2,1-4H3. The van der Waals surface area contributed by atoms with Crippen LogP contribution in [0, 0.1) is 5.41 Å². The molecule has 1 atom stereocenters. The van der Waals surface area contributed by atoms with E-state index in [0.717, 1.165) is 12.2 Å². The molecule has 0 spiro atoms. The van der Waals surface area contributed by atoms with E-state index in [1.54, 1.807) is 0 Å². The molecule has 18 heavy (non-hydrogen) atoms. The third-order valence-corrected chi connectivity index (χ3v) is 4.00. The van der Waals surface area contributed by atoms with Crippen LogP contribution < -0.4 is 10.1 Å². The molecule has 0 heterocycles. The minimum Gasteiger partial charge on any atom is -0.490 e. The summed E-state index contributed by atoms with van der Waals surface area (Å²) >= 11 is 0. The number of nitrogens with one attached hydrogen (secondary N) is 1. The van der Waals surface area contributed by atoms with Gasteiger partial charge in [-0.2, -0.15) is 0 Å². The van der Waals surface area contributed by atoms with Gasteiger partial charge in [-0.25, -0.2) is 0 Å². The van der Waals surface area contributed by atoms with Crippen LogP contribution in [0.15, 0.2) is 24.3 Å². The van der Waals surface area contributed by atoms with Crippen molar-refractivity contribution in [1.82, 2.24) is 5.32 Å². The van der Waals surface area contributed by atoms with Gasteiger partial charge in [-0.15, -0.1) is 0 Å². The van der Waals surface area contributed by atoms with E-state index in [4.69, 9.17) is 4.74 Å². The van der Waals surface area contributed by atoms with Crippen molar-refractivity contribution in [3.63, 3.8) is 0 Å². The van der Waals surface area contributed by atoms with E-state index in [1.165, 1.54) is 18.4 Å². The molecular formula is C16H25NO. The predicted molar refractivity (Wildman–Crippen MR) is 76.0 cm³/mol. The van der Waals surface area contributed by atoms with Crippen molar-refractivity contribution < 1.29 is 4.74 Å². The Kier molecular flexibility index (Phi) is 3.96. The van der Waals surface area contributed by atoms with Gasteiger partial charge in [-0.3, -0.25) is 0 Å². The van der Waals surface area contributed by atoms with E-state index in [2.05, 4.69) is 50.4 Å². The molecular weight excluding hydrogens is 222 g/mol. The highest BCUT2D eigenvalue weighted by Crippen LogP contribution is 2.37. The molecule has 0 aromatic heterocycles. The van der Waals surface area contributed by atoms with E-state index < -0.39 is 0 Å². The maximum absolute atomic E-state index is 5.88. The van der Waals surface area contributed by atoms with Gasteiger partial charge in [0, 0.05) is 6.04 Å². The summed E-state index contributed by atoms with van der Waals surface area (Å²) in [5.74, 6) is 1.02. The number of rotatable bonds is 6. The first-order valence-electron chi connectivity index (χ1n) is 7.00. The third-order valence-electron chi connectivity index (χ3n) is 4.00. The van der Waals surface area contributed by atoms with Gasteiger partial charge in [0.15, 0.2) is 0 Å². The van der Waals surface area contributed by atoms with Gasteiger partial charge < -0.3 is 10.1 Å². The molecule has 1 fully saturated rings. The highest BCUT2D eigenvalue weighted by Gasteiger charge is 2.28. The van der Waals surface area contributed by atoms with Crippen LogP contribution in [0.25, 0.3) is 0 Å². The lowest BCUT2D eigenvalue weighted by atomic mass is 9.78. The fraction of sp³-hybridized carbons (Fsp3) is 0.625. The summed E-state index contributed by atoms with van der Waals surface area (Å²) in [6, 6.07) is 8.91. The van der Waals surface area contributed by atoms with E-state index >= 15 is 0 Å². The minimum absolute atomic E-state index is 0.243. The molecule has 0 aliphatic heterocycles. The Morgan fingerprint density at radius 3 is 2.67 bits per heavy atom. The van der Waals surface area contributed by atoms with Crippen molar-refractivity contribution >= 4 is 0 Å². The van der Waals surface area contributed by atoms with Crippen LogP contribution in [-0.2, 0) is 0 Å². The quantitative estimate of drug-likeness (QED) is 0.822. The van der Waals surface area contributed by atoms with E-state index in [-0.39, 0.29) is 5.41 Å². The Labute approximate surface area is 111 Å². The summed E-state index contributed by atoms with van der Waals surface area (Å²) in [7, 11) is 2.04. The lowest BCUT2D eigenvalue weighted by Gasteiger charge is -2.33. The Bertz CT molecular complexity index is 396. The minimum atomic E-state index is 0.243. The highest BCUT2D eigenvalue weighted by atomic mass is 16.5. The Morgan fingerprint density at radius 1 is 1.39 bits per heavy atom. The van der Waals surface area contributed by atoms with Crippen LogP contribution >= 0.6 is 0 Å². The van der Waals surface area contributed by atoms with Crippen LogP contribution in [0.1, 0.15) is 51.6 Å². The zero-order valence-electron chi connectivity index (χ0n) is 12.0. The predicted octanol–water partition coefficient (Wildman–Crippen LogP) is 3.92. The molecule has 0 amide bonds. The van der Waals surface area contributed by atoms with Crippen molar-refractivity contribution in [2.45, 2.75) is 52.2 Å². The maximum Gasteiger partial charge on any atom is 0.120 e. The van der Waals surface area contributed by atoms with Crippen molar-refractivity contribution in [3.8, 4) is 5.75 Å². The van der Waals surface area contributed by atoms with Crippen LogP contribution in [0.5, 0.6) is 5.75 Å². The van der Waals surface area contributed by atoms with Crippen molar-refractivity contribution in [2.75, 3.05) is 7.05 Å². The second kappa shape index (κ2) is 5.31. The number of hydrogen-bond acceptors (Lipinski definition) is 2. The first-order valence-corrected chi connectivity index (χ1v) is 7.00. The van der Waals surface area contributed by atoms with E-state index in [1.807, 2.05) is 7.05 Å². The van der Waals surface area contributed by atoms with Crippen LogP contribution in [0.4, 0.5) is 0 Å². The van der Waals surface area contributed by atoms with Crippen LogP contribution in [0.3, 0.4) is 0 Å². The second-order valence-corrected chi connectivity index (χ2v) is 5.95. The molecule has 1 N–H and O–H groups in total. The van der Waals surface area contributed by atoms with Gasteiger partial charge in [0.25, 0.3) is 0 Å². The van der Waals surface area contributed by atoms with E-state index in [0.29, 0.717) is 12.1 Å². The molecule has 2 heteroatoms. The van der Waals surface area contributed by atoms with Gasteiger partial charge in [0.2, 0.25) is 0 Å². The summed E-state index contributed by atoms with van der Waals surface area (Å²) in [6.07, 6.45) is 4.03. The van der Waals surface area contributed by atoms with Crippen molar-refractivity contribution in [2.24, 2.45) is 5.41 Å². The second-order valence-electron chi connectivity index (χ2n) is 5.95. The number of ether oxygens (including phenoxy) is 1. The number of hydrogen-bond donors (Lipinski definition) is 1. The monoisotopic (exact) mass is 247 g/mol. The molecule has 1 aromatic carbocycles. The normalized spacial score (nSPS) is 17.6. The topological polar surface area (TPSA) is 21.3 Å². The van der Waals surface area contributed by atoms with Crippen LogP contribution in [0.2, 0.25) is 0 Å². The molecule has 100 valence electrons. The lowest BCUT2D eigenvalue weighted by molar-refractivity contribution is 0.244. The largest absolute Gasteiger partial charge is 0.490 e. The smallest absolute Gasteiger partial charge is 0.120 e. The molecule has 0 bridgehead atoms. The molecule has 2 nitrogen and oxygen atoms in total. The molecule has 1 aliphatic carbocycles. The zero-order valence-corrected chi connectivity index (χ0v) is 12.0. The Balaban J connectivity index is 2.19. The summed E-state index contributed by atoms with van der Waals surface area (Å²) in [5, 5.41) is 3.45. The fourth-order valence-corrected chi connectivity index (χ4v) is 2.36. The molecule has 0 saturated heterocycles. The Hall–Kier alpha value is -1.02. The van der Waals surface area contributed by atoms with Gasteiger partial charge in [-0.1, -0.05) is 32.9 Å². The summed E-state index contributed by atoms with van der Waals surface area (Å²) in [4.78, 5) is 0. The van der Waals surface area contributed by atoms with Gasteiger partial charge >= 0.3 is 0 Å². The molecule has 1 saturated carbocycles. The highest BCUT2D eigenvalue weighted by molar-refractivity contribution is 5.32. The average Bonchev–Trinajstić information content (AvgIpc) is 3.14. The molecule has 1 unspecified atom stereocenters. The maximum atomic E-state index is 5.88. The fourth-order valence-electron chi connectivity index (χ4n) is 2.36. The van der Waals surface area contributed by atoms with Gasteiger partial charge in [0.1, 0.15) is 5.75 Å². The first-order chi connectivity index (χ1) is 8.56. The Morgan fingerprint density at radius 2 is 2.11 bits per heavy atom. The molecule has 1 aromatic rings. The van der Waals surface area contributed by atoms with Crippen molar-refractivity contribution in [1.29, 1.82) is 0 Å². The average molecular weight is 247 g/mol. The van der Waals surface area contributed by atoms with E-state index in [9.17, 15) is 0 Å². The number of benzene rings is 1. The first kappa shape index (κ1) is 13.4. The summed E-state index contributed by atoms with van der Waals surface area (Å²) in [5.41, 5.74) is 1.56.